The molecule has 1 atom stereocenters. The molecule has 1 nitrogen and oxygen atoms in total. The van der Waals surface area contributed by atoms with Gasteiger partial charge >= 0.3 is 0 Å². The molecule has 0 aliphatic heterocycles. The molecule has 0 heterocycles. The molecule has 0 amide bonds. The number of hydrogen-bond donors (Lipinski definition) is 1. The Labute approximate surface area is 123 Å². The van der Waals surface area contributed by atoms with Crippen LogP contribution in [0.2, 0.25) is 0 Å². The summed E-state index contributed by atoms with van der Waals surface area (Å²) in [5.74, 6) is 0. The highest BCUT2D eigenvalue weighted by atomic mass is 127. The minimum atomic E-state index is -0.569. The van der Waals surface area contributed by atoms with Gasteiger partial charge < -0.3 is 5.11 Å². The van der Waals surface area contributed by atoms with Crippen molar-refractivity contribution < 1.29 is 5.11 Å². The summed E-state index contributed by atoms with van der Waals surface area (Å²) in [4.78, 5) is 0. The van der Waals surface area contributed by atoms with Crippen molar-refractivity contribution in [3.05, 3.63) is 67.2 Å². The van der Waals surface area contributed by atoms with E-state index in [1.165, 1.54) is 5.56 Å². The van der Waals surface area contributed by atoms with Gasteiger partial charge in [0.05, 0.1) is 0 Å². The van der Waals surface area contributed by atoms with Crippen LogP contribution in [0.3, 0.4) is 0 Å². The predicted molar refractivity (Wildman–Crippen MR) is 82.1 cm³/mol. The van der Waals surface area contributed by atoms with Crippen LogP contribution < -0.4 is 0 Å². The van der Waals surface area contributed by atoms with E-state index < -0.39 is 6.10 Å². The van der Waals surface area contributed by atoms with Crippen molar-refractivity contribution in [1.82, 2.24) is 0 Å². The topological polar surface area (TPSA) is 20.2 Å². The Morgan fingerprint density at radius 2 is 1.76 bits per heavy atom. The van der Waals surface area contributed by atoms with Crippen LogP contribution in [0.25, 0.3) is 0 Å². The zero-order chi connectivity index (χ0) is 12.4. The van der Waals surface area contributed by atoms with Crippen LogP contribution in [-0.4, -0.2) is 5.11 Å². The van der Waals surface area contributed by atoms with Gasteiger partial charge in [-0.25, -0.2) is 0 Å². The molecule has 0 radical (unpaired) electrons. The summed E-state index contributed by atoms with van der Waals surface area (Å²) >= 11 is 5.68. The van der Waals surface area contributed by atoms with E-state index in [9.17, 15) is 5.11 Å². The highest BCUT2D eigenvalue weighted by Gasteiger charge is 2.13. The van der Waals surface area contributed by atoms with Crippen LogP contribution in [0.5, 0.6) is 0 Å². The van der Waals surface area contributed by atoms with Gasteiger partial charge in [-0.3, -0.25) is 0 Å². The first-order valence-corrected chi connectivity index (χ1v) is 7.14. The summed E-state index contributed by atoms with van der Waals surface area (Å²) < 4.78 is 2.05. The van der Waals surface area contributed by atoms with Gasteiger partial charge in [0.1, 0.15) is 6.10 Å². The minimum Gasteiger partial charge on any atom is -0.384 e. The second-order valence-corrected chi connectivity index (χ2v) is 6.06. The van der Waals surface area contributed by atoms with E-state index in [2.05, 4.69) is 38.5 Å². The highest BCUT2D eigenvalue weighted by molar-refractivity contribution is 14.1. The van der Waals surface area contributed by atoms with Crippen LogP contribution in [0.15, 0.2) is 46.9 Å². The summed E-state index contributed by atoms with van der Waals surface area (Å²) in [6.07, 6.45) is -0.569. The monoisotopic (exact) mass is 402 g/mol. The normalized spacial score (nSPS) is 12.5. The second-order valence-electron chi connectivity index (χ2n) is 3.98. The molecule has 2 aromatic rings. The van der Waals surface area contributed by atoms with Gasteiger partial charge in [0.25, 0.3) is 0 Å². The van der Waals surface area contributed by atoms with E-state index in [1.807, 2.05) is 49.4 Å². The molecule has 0 spiro atoms. The Bertz CT molecular complexity index is 522. The molecule has 2 rings (SSSR count). The molecule has 0 bridgehead atoms. The zero-order valence-electron chi connectivity index (χ0n) is 9.32. The van der Waals surface area contributed by atoms with Gasteiger partial charge in [-0.05, 0) is 58.8 Å². The van der Waals surface area contributed by atoms with Crippen LogP contribution in [0.4, 0.5) is 0 Å². The molecule has 0 aliphatic rings. The lowest BCUT2D eigenvalue weighted by Gasteiger charge is -2.14. The van der Waals surface area contributed by atoms with E-state index in [0.717, 1.165) is 19.2 Å². The van der Waals surface area contributed by atoms with E-state index in [4.69, 9.17) is 0 Å². The maximum absolute atomic E-state index is 10.4. The molecule has 1 unspecified atom stereocenters. The molecular weight excluding hydrogens is 391 g/mol. The summed E-state index contributed by atoms with van der Waals surface area (Å²) in [6, 6.07) is 13.9. The van der Waals surface area contributed by atoms with E-state index in [0.29, 0.717) is 0 Å². The molecule has 2 aromatic carbocycles. The fourth-order valence-electron chi connectivity index (χ4n) is 1.65. The Morgan fingerprint density at radius 3 is 2.41 bits per heavy atom. The largest absolute Gasteiger partial charge is 0.384 e. The molecule has 17 heavy (non-hydrogen) atoms. The lowest BCUT2D eigenvalue weighted by molar-refractivity contribution is 0.219. The maximum atomic E-state index is 10.4. The third-order valence-electron chi connectivity index (χ3n) is 2.65. The van der Waals surface area contributed by atoms with Crippen LogP contribution >= 0.6 is 38.5 Å². The Morgan fingerprint density at radius 1 is 1.12 bits per heavy atom. The van der Waals surface area contributed by atoms with E-state index in [1.54, 1.807) is 0 Å². The average Bonchev–Trinajstić information content (AvgIpc) is 2.32. The van der Waals surface area contributed by atoms with Crippen molar-refractivity contribution in [2.75, 3.05) is 0 Å². The molecule has 1 N–H and O–H groups in total. The lowest BCUT2D eigenvalue weighted by Crippen LogP contribution is -2.02. The lowest BCUT2D eigenvalue weighted by atomic mass is 10.0. The smallest absolute Gasteiger partial charge is 0.105 e. The Balaban J connectivity index is 2.39. The number of hydrogen-bond acceptors (Lipinski definition) is 1. The number of halogens is 2. The molecule has 0 aliphatic carbocycles. The van der Waals surface area contributed by atoms with Crippen LogP contribution in [0.1, 0.15) is 22.8 Å². The molecule has 0 saturated carbocycles. The number of aryl methyl sites for hydroxylation is 1. The summed E-state index contributed by atoms with van der Waals surface area (Å²) in [5, 5.41) is 10.4. The van der Waals surface area contributed by atoms with E-state index >= 15 is 0 Å². The summed E-state index contributed by atoms with van der Waals surface area (Å²) in [7, 11) is 0. The van der Waals surface area contributed by atoms with Crippen molar-refractivity contribution in [3.8, 4) is 0 Å². The van der Waals surface area contributed by atoms with Gasteiger partial charge in [0.2, 0.25) is 0 Å². The van der Waals surface area contributed by atoms with Crippen molar-refractivity contribution in [1.29, 1.82) is 0 Å². The number of aliphatic hydroxyl groups excluding tert-OH is 1. The van der Waals surface area contributed by atoms with Crippen molar-refractivity contribution in [2.24, 2.45) is 0 Å². The van der Waals surface area contributed by atoms with Crippen molar-refractivity contribution in [2.45, 2.75) is 13.0 Å². The van der Waals surface area contributed by atoms with Crippen molar-refractivity contribution in [3.63, 3.8) is 0 Å². The third kappa shape index (κ3) is 3.09. The molecule has 0 aromatic heterocycles. The molecular formula is C14H12BrIO. The minimum absolute atomic E-state index is 0.569. The highest BCUT2D eigenvalue weighted by Crippen LogP contribution is 2.28. The Kier molecular flexibility index (Phi) is 4.22. The molecule has 0 saturated heterocycles. The summed E-state index contributed by atoms with van der Waals surface area (Å²) in [5.41, 5.74) is 3.06. The fraction of sp³-hybridized carbons (Fsp3) is 0.143. The SMILES string of the molecule is Cc1ccc(C(O)c2cc(Br)ccc2I)cc1. The Hall–Kier alpha value is -0.390. The summed E-state index contributed by atoms with van der Waals surface area (Å²) in [6.45, 7) is 2.04. The fourth-order valence-corrected chi connectivity index (χ4v) is 2.66. The van der Waals surface area contributed by atoms with Crippen molar-refractivity contribution >= 4 is 38.5 Å². The van der Waals surface area contributed by atoms with Crippen LogP contribution in [-0.2, 0) is 0 Å². The van der Waals surface area contributed by atoms with Gasteiger partial charge in [-0.15, -0.1) is 0 Å². The van der Waals surface area contributed by atoms with Gasteiger partial charge in [-0.2, -0.15) is 0 Å². The predicted octanol–water partition coefficient (Wildman–Crippen LogP) is 4.44. The van der Waals surface area contributed by atoms with Gasteiger partial charge in [-0.1, -0.05) is 45.8 Å². The average molecular weight is 403 g/mol. The maximum Gasteiger partial charge on any atom is 0.105 e. The number of benzene rings is 2. The molecule has 0 fully saturated rings. The molecule has 3 heteroatoms. The number of rotatable bonds is 2. The number of aliphatic hydroxyl groups is 1. The first-order chi connectivity index (χ1) is 8.08. The third-order valence-corrected chi connectivity index (χ3v) is 4.12. The van der Waals surface area contributed by atoms with E-state index in [-0.39, 0.29) is 0 Å². The second kappa shape index (κ2) is 5.50. The van der Waals surface area contributed by atoms with Gasteiger partial charge in [0, 0.05) is 8.04 Å². The quantitative estimate of drug-likeness (QED) is 0.736. The standard InChI is InChI=1S/C14H12BrIO/c1-9-2-4-10(5-3-9)14(17)12-8-11(15)6-7-13(12)16/h2-8,14,17H,1H3. The zero-order valence-corrected chi connectivity index (χ0v) is 13.1. The van der Waals surface area contributed by atoms with Crippen LogP contribution in [0, 0.1) is 10.5 Å². The molecule has 88 valence electrons. The first-order valence-electron chi connectivity index (χ1n) is 5.27. The first kappa shape index (κ1) is 13.1. The van der Waals surface area contributed by atoms with Gasteiger partial charge in [0.15, 0.2) is 0 Å².